The molecule has 0 spiro atoms. The number of hydrogen-bond donors (Lipinski definition) is 3. The van der Waals surface area contributed by atoms with Crippen LogP contribution in [0.3, 0.4) is 0 Å². The second-order valence-corrected chi connectivity index (χ2v) is 2.10. The number of nitrogens with zero attached hydrogens (tertiary/aromatic N) is 2. The SMILES string of the molecule is C[CH-]C(C)N=C(N)N=C(N)N.[Y+3]. The molecule has 0 amide bonds. The zero-order valence-electron chi connectivity index (χ0n) is 7.36. The van der Waals surface area contributed by atoms with Crippen molar-refractivity contribution in [1.29, 1.82) is 0 Å². The van der Waals surface area contributed by atoms with Crippen LogP contribution < -0.4 is 17.2 Å². The summed E-state index contributed by atoms with van der Waals surface area (Å²) < 4.78 is 0. The molecule has 0 aliphatic carbocycles. The molecular formula is C6H14N5Y+2. The molecule has 0 radical (unpaired) electrons. The van der Waals surface area contributed by atoms with Crippen molar-refractivity contribution in [1.82, 2.24) is 0 Å². The van der Waals surface area contributed by atoms with Crippen LogP contribution in [0.15, 0.2) is 9.98 Å². The predicted octanol–water partition coefficient (Wildman–Crippen LogP) is -0.815. The molecule has 0 aromatic rings. The molecular weight excluding hydrogens is 231 g/mol. The first-order valence-corrected chi connectivity index (χ1v) is 3.28. The molecule has 5 nitrogen and oxygen atoms in total. The third-order valence-electron chi connectivity index (χ3n) is 1.06. The van der Waals surface area contributed by atoms with E-state index >= 15 is 0 Å². The first kappa shape index (κ1) is 14.4. The Balaban J connectivity index is 0. The summed E-state index contributed by atoms with van der Waals surface area (Å²) in [4.78, 5) is 7.47. The standard InChI is InChI=1S/C6H14N5.Y/c1-3-4(2)10-6(9)11-5(7)8;/h3-4H,1-2H3,(H6,7,8,9,10,11);/q-1;+3. The van der Waals surface area contributed by atoms with Gasteiger partial charge in [-0.1, -0.05) is 13.0 Å². The number of guanidine groups is 2. The zero-order chi connectivity index (χ0) is 8.85. The summed E-state index contributed by atoms with van der Waals surface area (Å²) in [5, 5.41) is 0. The molecule has 12 heavy (non-hydrogen) atoms. The van der Waals surface area contributed by atoms with Gasteiger partial charge in [0.2, 0.25) is 5.96 Å². The van der Waals surface area contributed by atoms with Crippen LogP contribution in [0.25, 0.3) is 0 Å². The fourth-order valence-corrected chi connectivity index (χ4v) is 0.444. The molecule has 0 saturated heterocycles. The van der Waals surface area contributed by atoms with Crippen LogP contribution in [-0.2, 0) is 32.7 Å². The topological polar surface area (TPSA) is 103 Å². The average molecular weight is 245 g/mol. The van der Waals surface area contributed by atoms with Gasteiger partial charge in [-0.05, 0) is 0 Å². The molecule has 6 N–H and O–H groups in total. The van der Waals surface area contributed by atoms with Crippen molar-refractivity contribution in [3.63, 3.8) is 0 Å². The van der Waals surface area contributed by atoms with E-state index in [4.69, 9.17) is 17.2 Å². The van der Waals surface area contributed by atoms with Crippen LogP contribution >= 0.6 is 0 Å². The average Bonchev–Trinajstić information content (AvgIpc) is 1.85. The van der Waals surface area contributed by atoms with Crippen LogP contribution in [0.2, 0.25) is 0 Å². The fourth-order valence-electron chi connectivity index (χ4n) is 0.444. The second kappa shape index (κ2) is 7.49. The van der Waals surface area contributed by atoms with E-state index in [-0.39, 0.29) is 50.7 Å². The van der Waals surface area contributed by atoms with Crippen molar-refractivity contribution in [2.45, 2.75) is 19.9 Å². The Bertz CT molecular complexity index is 173. The Hall–Kier alpha value is -0.156. The first-order chi connectivity index (χ1) is 5.06. The summed E-state index contributed by atoms with van der Waals surface area (Å²) in [5.74, 6) is 0.0325. The Morgan fingerprint density at radius 2 is 1.83 bits per heavy atom. The second-order valence-electron chi connectivity index (χ2n) is 2.10. The fraction of sp³-hybridized carbons (Fsp3) is 0.500. The monoisotopic (exact) mass is 245 g/mol. The van der Waals surface area contributed by atoms with Crippen LogP contribution in [0.1, 0.15) is 13.8 Å². The molecule has 1 unspecified atom stereocenters. The van der Waals surface area contributed by atoms with Gasteiger partial charge in [0.25, 0.3) is 0 Å². The van der Waals surface area contributed by atoms with E-state index in [1.54, 1.807) is 0 Å². The van der Waals surface area contributed by atoms with Gasteiger partial charge in [0.05, 0.1) is 0 Å². The van der Waals surface area contributed by atoms with E-state index in [2.05, 4.69) is 9.98 Å². The molecule has 0 aliphatic rings. The van der Waals surface area contributed by atoms with Crippen molar-refractivity contribution < 1.29 is 32.7 Å². The first-order valence-electron chi connectivity index (χ1n) is 3.28. The van der Waals surface area contributed by atoms with Crippen LogP contribution in [0, 0.1) is 6.42 Å². The van der Waals surface area contributed by atoms with Gasteiger partial charge in [0.15, 0.2) is 5.96 Å². The van der Waals surface area contributed by atoms with Crippen LogP contribution in [0.4, 0.5) is 0 Å². The molecule has 0 bridgehead atoms. The Morgan fingerprint density at radius 1 is 1.33 bits per heavy atom. The number of rotatable bonds is 2. The molecule has 0 saturated carbocycles. The molecule has 1 atom stereocenters. The number of nitrogens with two attached hydrogens (primary N) is 3. The van der Waals surface area contributed by atoms with Gasteiger partial charge < -0.3 is 23.6 Å². The molecule has 6 heteroatoms. The quantitative estimate of drug-likeness (QED) is 0.336. The maximum atomic E-state index is 5.33. The van der Waals surface area contributed by atoms with Gasteiger partial charge in [0.1, 0.15) is 0 Å². The number of hydrogen-bond acceptors (Lipinski definition) is 1. The van der Waals surface area contributed by atoms with Gasteiger partial charge in [-0.15, -0.1) is 0 Å². The summed E-state index contributed by atoms with van der Waals surface area (Å²) in [5.41, 5.74) is 15.5. The molecule has 64 valence electrons. The van der Waals surface area contributed by atoms with E-state index < -0.39 is 0 Å². The van der Waals surface area contributed by atoms with Gasteiger partial charge in [-0.25, -0.2) is 0 Å². The van der Waals surface area contributed by atoms with Crippen molar-refractivity contribution in [2.75, 3.05) is 0 Å². The van der Waals surface area contributed by atoms with Crippen LogP contribution in [-0.4, -0.2) is 18.0 Å². The van der Waals surface area contributed by atoms with E-state index in [9.17, 15) is 0 Å². The molecule has 0 aromatic carbocycles. The molecule has 0 heterocycles. The maximum absolute atomic E-state index is 5.33. The Kier molecular flexibility index (Phi) is 8.97. The van der Waals surface area contributed by atoms with Crippen molar-refractivity contribution in [3.05, 3.63) is 6.42 Å². The Labute approximate surface area is 97.8 Å². The molecule has 0 fully saturated rings. The normalized spacial score (nSPS) is 13.0. The summed E-state index contributed by atoms with van der Waals surface area (Å²) in [7, 11) is 0. The predicted molar refractivity (Wildman–Crippen MR) is 46.9 cm³/mol. The van der Waals surface area contributed by atoms with E-state index in [0.29, 0.717) is 0 Å². The van der Waals surface area contributed by atoms with Crippen molar-refractivity contribution in [3.8, 4) is 0 Å². The Morgan fingerprint density at radius 3 is 2.17 bits per heavy atom. The number of aliphatic imine (C=N–C) groups is 2. The third-order valence-corrected chi connectivity index (χ3v) is 1.06. The largest absolute Gasteiger partial charge is 3.00 e. The van der Waals surface area contributed by atoms with Crippen LogP contribution in [0.5, 0.6) is 0 Å². The van der Waals surface area contributed by atoms with Gasteiger partial charge in [-0.3, -0.25) is 4.99 Å². The third kappa shape index (κ3) is 7.95. The minimum absolute atomic E-state index is 0. The smallest absolute Gasteiger partial charge is 0.370 e. The molecule has 0 aromatic heterocycles. The van der Waals surface area contributed by atoms with E-state index in [1.807, 2.05) is 20.3 Å². The summed E-state index contributed by atoms with van der Waals surface area (Å²) in [6.07, 6.45) is 1.88. The van der Waals surface area contributed by atoms with Crippen molar-refractivity contribution in [2.24, 2.45) is 27.2 Å². The summed E-state index contributed by atoms with van der Waals surface area (Å²) >= 11 is 0. The molecule has 0 aliphatic heterocycles. The van der Waals surface area contributed by atoms with E-state index in [1.165, 1.54) is 0 Å². The van der Waals surface area contributed by atoms with Gasteiger partial charge >= 0.3 is 32.7 Å². The van der Waals surface area contributed by atoms with Gasteiger partial charge in [0, 0.05) is 0 Å². The zero-order valence-corrected chi connectivity index (χ0v) is 10.2. The minimum Gasteiger partial charge on any atom is -0.370 e. The minimum atomic E-state index is -0.0745. The molecule has 0 rings (SSSR count). The van der Waals surface area contributed by atoms with Crippen molar-refractivity contribution >= 4 is 11.9 Å². The maximum Gasteiger partial charge on any atom is 3.00 e. The summed E-state index contributed by atoms with van der Waals surface area (Å²) in [6.45, 7) is 3.77. The van der Waals surface area contributed by atoms with E-state index in [0.717, 1.165) is 0 Å². The summed E-state index contributed by atoms with van der Waals surface area (Å²) in [6, 6.07) is 0.0399. The van der Waals surface area contributed by atoms with Gasteiger partial charge in [-0.2, -0.15) is 11.9 Å².